The molecule has 0 nitrogen and oxygen atoms in total. The smallest absolute Gasteiger partial charge is 0.0236 e. The molecule has 0 unspecified atom stereocenters. The van der Waals surface area contributed by atoms with E-state index in [9.17, 15) is 0 Å². The first-order valence-electron chi connectivity index (χ1n) is 6.05. The molecule has 1 saturated carbocycles. The lowest BCUT2D eigenvalue weighted by Gasteiger charge is -2.26. The minimum atomic E-state index is 0.789. The minimum Gasteiger partial charge on any atom is -0.103 e. The Kier molecular flexibility index (Phi) is 3.60. The van der Waals surface area contributed by atoms with E-state index >= 15 is 0 Å². The second kappa shape index (κ2) is 5.16. The maximum absolute atomic E-state index is 3.89. The lowest BCUT2D eigenvalue weighted by atomic mass is 9.79. The normalized spacial score (nSPS) is 26.1. The Balaban J connectivity index is 1.85. The lowest BCUT2D eigenvalue weighted by molar-refractivity contribution is 0.309. The van der Waals surface area contributed by atoms with E-state index < -0.39 is 0 Å². The van der Waals surface area contributed by atoms with Gasteiger partial charge in [-0.05, 0) is 49.5 Å². The molecule has 0 saturated heterocycles. The SMILES string of the molecule is C=CC1CCC(Cc2ccccc2)CC1. The summed E-state index contributed by atoms with van der Waals surface area (Å²) in [6.07, 6.45) is 8.86. The molecule has 2 rings (SSSR count). The molecule has 0 bridgehead atoms. The summed E-state index contributed by atoms with van der Waals surface area (Å²) in [5.74, 6) is 1.70. The van der Waals surface area contributed by atoms with Crippen LogP contribution < -0.4 is 0 Å². The summed E-state index contributed by atoms with van der Waals surface area (Å²) in [5, 5.41) is 0. The standard InChI is InChI=1S/C15H20/c1-2-13-8-10-15(11-9-13)12-14-6-4-3-5-7-14/h2-7,13,15H,1,8-12H2. The molecule has 1 aliphatic rings. The number of hydrogen-bond donors (Lipinski definition) is 0. The fourth-order valence-electron chi connectivity index (χ4n) is 2.58. The van der Waals surface area contributed by atoms with Gasteiger partial charge in [-0.25, -0.2) is 0 Å². The fourth-order valence-corrected chi connectivity index (χ4v) is 2.58. The highest BCUT2D eigenvalue weighted by atomic mass is 14.2. The Labute approximate surface area is 93.0 Å². The van der Waals surface area contributed by atoms with Gasteiger partial charge in [0.05, 0.1) is 0 Å². The molecule has 0 amide bonds. The molecular formula is C15H20. The van der Waals surface area contributed by atoms with Crippen LogP contribution in [0.2, 0.25) is 0 Å². The van der Waals surface area contributed by atoms with Crippen LogP contribution in [-0.2, 0) is 6.42 Å². The van der Waals surface area contributed by atoms with E-state index in [1.54, 1.807) is 0 Å². The van der Waals surface area contributed by atoms with Gasteiger partial charge in [-0.3, -0.25) is 0 Å². The second-order valence-corrected chi connectivity index (χ2v) is 4.71. The first-order valence-corrected chi connectivity index (χ1v) is 6.05. The van der Waals surface area contributed by atoms with Gasteiger partial charge >= 0.3 is 0 Å². The van der Waals surface area contributed by atoms with E-state index in [0.717, 1.165) is 11.8 Å². The van der Waals surface area contributed by atoms with Gasteiger partial charge < -0.3 is 0 Å². The third-order valence-corrected chi connectivity index (χ3v) is 3.59. The number of rotatable bonds is 3. The number of benzene rings is 1. The molecule has 0 atom stereocenters. The number of hydrogen-bond acceptors (Lipinski definition) is 0. The van der Waals surface area contributed by atoms with Crippen molar-refractivity contribution in [2.75, 3.05) is 0 Å². The van der Waals surface area contributed by atoms with Crippen molar-refractivity contribution in [2.45, 2.75) is 32.1 Å². The molecule has 1 aliphatic carbocycles. The average molecular weight is 200 g/mol. The van der Waals surface area contributed by atoms with Crippen LogP contribution in [0.3, 0.4) is 0 Å². The van der Waals surface area contributed by atoms with Gasteiger partial charge in [-0.2, -0.15) is 0 Å². The molecular weight excluding hydrogens is 180 g/mol. The van der Waals surface area contributed by atoms with E-state index in [2.05, 4.69) is 43.0 Å². The molecule has 0 aliphatic heterocycles. The Morgan fingerprint density at radius 2 is 1.73 bits per heavy atom. The summed E-state index contributed by atoms with van der Waals surface area (Å²) in [6, 6.07) is 10.9. The summed E-state index contributed by atoms with van der Waals surface area (Å²) < 4.78 is 0. The monoisotopic (exact) mass is 200 g/mol. The van der Waals surface area contributed by atoms with E-state index in [-0.39, 0.29) is 0 Å². The van der Waals surface area contributed by atoms with Crippen LogP contribution in [0, 0.1) is 11.8 Å². The van der Waals surface area contributed by atoms with Crippen LogP contribution in [-0.4, -0.2) is 0 Å². The molecule has 0 heteroatoms. The molecule has 1 aromatic rings. The van der Waals surface area contributed by atoms with Crippen LogP contribution in [0.4, 0.5) is 0 Å². The molecule has 15 heavy (non-hydrogen) atoms. The number of allylic oxidation sites excluding steroid dienone is 1. The van der Waals surface area contributed by atoms with Crippen molar-refractivity contribution >= 4 is 0 Å². The Bertz CT molecular complexity index is 291. The van der Waals surface area contributed by atoms with Crippen molar-refractivity contribution in [3.63, 3.8) is 0 Å². The zero-order valence-corrected chi connectivity index (χ0v) is 9.36. The van der Waals surface area contributed by atoms with Gasteiger partial charge in [0, 0.05) is 0 Å². The first-order chi connectivity index (χ1) is 7.38. The maximum Gasteiger partial charge on any atom is -0.0236 e. The molecule has 1 fully saturated rings. The van der Waals surface area contributed by atoms with E-state index in [4.69, 9.17) is 0 Å². The zero-order valence-electron chi connectivity index (χ0n) is 9.36. The van der Waals surface area contributed by atoms with Crippen molar-refractivity contribution < 1.29 is 0 Å². The topological polar surface area (TPSA) is 0 Å². The second-order valence-electron chi connectivity index (χ2n) is 4.71. The fraction of sp³-hybridized carbons (Fsp3) is 0.467. The summed E-state index contributed by atoms with van der Waals surface area (Å²) in [7, 11) is 0. The van der Waals surface area contributed by atoms with Crippen LogP contribution in [0.25, 0.3) is 0 Å². The van der Waals surface area contributed by atoms with Gasteiger partial charge in [-0.15, -0.1) is 6.58 Å². The quantitative estimate of drug-likeness (QED) is 0.641. The van der Waals surface area contributed by atoms with Crippen LogP contribution >= 0.6 is 0 Å². The highest BCUT2D eigenvalue weighted by Gasteiger charge is 2.18. The van der Waals surface area contributed by atoms with Crippen LogP contribution in [0.1, 0.15) is 31.2 Å². The van der Waals surface area contributed by atoms with Crippen molar-refractivity contribution in [1.82, 2.24) is 0 Å². The third-order valence-electron chi connectivity index (χ3n) is 3.59. The van der Waals surface area contributed by atoms with Crippen molar-refractivity contribution in [3.05, 3.63) is 48.6 Å². The first kappa shape index (κ1) is 10.5. The van der Waals surface area contributed by atoms with E-state index in [1.807, 2.05) is 0 Å². The largest absolute Gasteiger partial charge is 0.103 e. The van der Waals surface area contributed by atoms with Crippen molar-refractivity contribution in [1.29, 1.82) is 0 Å². The maximum atomic E-state index is 3.89. The van der Waals surface area contributed by atoms with Gasteiger partial charge in [0.2, 0.25) is 0 Å². The Hall–Kier alpha value is -1.04. The van der Waals surface area contributed by atoms with Crippen LogP contribution in [0.5, 0.6) is 0 Å². The highest BCUT2D eigenvalue weighted by molar-refractivity contribution is 5.15. The summed E-state index contributed by atoms with van der Waals surface area (Å²) >= 11 is 0. The lowest BCUT2D eigenvalue weighted by Crippen LogP contribution is -2.14. The van der Waals surface area contributed by atoms with Gasteiger partial charge in [-0.1, -0.05) is 36.4 Å². The summed E-state index contributed by atoms with van der Waals surface area (Å²) in [4.78, 5) is 0. The van der Waals surface area contributed by atoms with Crippen LogP contribution in [0.15, 0.2) is 43.0 Å². The molecule has 0 N–H and O–H groups in total. The molecule has 1 aromatic carbocycles. The van der Waals surface area contributed by atoms with Gasteiger partial charge in [0.25, 0.3) is 0 Å². The zero-order chi connectivity index (χ0) is 10.5. The van der Waals surface area contributed by atoms with E-state index in [1.165, 1.54) is 37.7 Å². The molecule has 80 valence electrons. The molecule has 0 aromatic heterocycles. The minimum absolute atomic E-state index is 0.789. The van der Waals surface area contributed by atoms with E-state index in [0.29, 0.717) is 0 Å². The van der Waals surface area contributed by atoms with Crippen molar-refractivity contribution in [2.24, 2.45) is 11.8 Å². The molecule has 0 spiro atoms. The summed E-state index contributed by atoms with van der Waals surface area (Å²) in [6.45, 7) is 3.89. The third kappa shape index (κ3) is 2.95. The average Bonchev–Trinajstić information content (AvgIpc) is 2.31. The van der Waals surface area contributed by atoms with Gasteiger partial charge in [0.1, 0.15) is 0 Å². The predicted molar refractivity (Wildman–Crippen MR) is 65.8 cm³/mol. The van der Waals surface area contributed by atoms with Gasteiger partial charge in [0.15, 0.2) is 0 Å². The highest BCUT2D eigenvalue weighted by Crippen LogP contribution is 2.31. The Morgan fingerprint density at radius 3 is 2.33 bits per heavy atom. The Morgan fingerprint density at radius 1 is 1.07 bits per heavy atom. The van der Waals surface area contributed by atoms with Crippen molar-refractivity contribution in [3.8, 4) is 0 Å². The summed E-state index contributed by atoms with van der Waals surface area (Å²) in [5.41, 5.74) is 1.50. The predicted octanol–water partition coefficient (Wildman–Crippen LogP) is 4.22. The molecule has 0 radical (unpaired) electrons. The molecule has 0 heterocycles.